The number of amides is 1. The minimum absolute atomic E-state index is 0.00981. The molecule has 1 fully saturated rings. The lowest BCUT2D eigenvalue weighted by atomic mass is 9.83. The number of piperidine rings is 1. The summed E-state index contributed by atoms with van der Waals surface area (Å²) in [6, 6.07) is 12.1. The standard InChI is InChI=1S/C20H19Cl4N3O2/c21-15-5-2-1-4-14(15)18(29)25-19(20(22,23)24)26-9-12-8-13(11-26)16-6-3-7-17(28)27(16)10-12/h1-7,12-13,19H,8-11H2,(H,25,29)/t12-,13+,19?/m1/s1. The average molecular weight is 475 g/mol. The number of fused-ring (bicyclic) bond motifs is 4. The van der Waals surface area contributed by atoms with Gasteiger partial charge in [-0.25, -0.2) is 0 Å². The summed E-state index contributed by atoms with van der Waals surface area (Å²) in [5.41, 5.74) is 1.32. The van der Waals surface area contributed by atoms with E-state index in [-0.39, 0.29) is 17.4 Å². The van der Waals surface area contributed by atoms with Gasteiger partial charge >= 0.3 is 0 Å². The normalized spacial score (nSPS) is 22.6. The molecule has 0 spiro atoms. The van der Waals surface area contributed by atoms with Crippen molar-refractivity contribution in [1.82, 2.24) is 14.8 Å². The van der Waals surface area contributed by atoms with Gasteiger partial charge in [0, 0.05) is 37.3 Å². The van der Waals surface area contributed by atoms with Crippen LogP contribution in [0.15, 0.2) is 47.3 Å². The highest BCUT2D eigenvalue weighted by Gasteiger charge is 2.44. The Balaban J connectivity index is 1.60. The van der Waals surface area contributed by atoms with Crippen molar-refractivity contribution in [3.8, 4) is 0 Å². The molecule has 1 aromatic carbocycles. The van der Waals surface area contributed by atoms with Gasteiger partial charge < -0.3 is 9.88 Å². The summed E-state index contributed by atoms with van der Waals surface area (Å²) in [7, 11) is 0. The molecular weight excluding hydrogens is 456 g/mol. The number of carbonyl (C=O) groups excluding carboxylic acids is 1. The molecule has 3 atom stereocenters. The van der Waals surface area contributed by atoms with Crippen LogP contribution in [0.5, 0.6) is 0 Å². The number of alkyl halides is 3. The Morgan fingerprint density at radius 2 is 1.83 bits per heavy atom. The topological polar surface area (TPSA) is 54.3 Å². The van der Waals surface area contributed by atoms with E-state index in [9.17, 15) is 9.59 Å². The summed E-state index contributed by atoms with van der Waals surface area (Å²) in [5.74, 6) is -0.0452. The first-order valence-electron chi connectivity index (χ1n) is 9.30. The number of aromatic nitrogens is 1. The van der Waals surface area contributed by atoms with E-state index in [2.05, 4.69) is 5.32 Å². The number of pyridine rings is 1. The molecular formula is C20H19Cl4N3O2. The molecule has 3 heterocycles. The van der Waals surface area contributed by atoms with E-state index >= 15 is 0 Å². The number of carbonyl (C=O) groups is 1. The first-order valence-corrected chi connectivity index (χ1v) is 10.8. The van der Waals surface area contributed by atoms with E-state index < -0.39 is 15.9 Å². The summed E-state index contributed by atoms with van der Waals surface area (Å²) in [6.07, 6.45) is 0.133. The predicted octanol–water partition coefficient (Wildman–Crippen LogP) is 4.05. The summed E-state index contributed by atoms with van der Waals surface area (Å²) in [6.45, 7) is 1.80. The van der Waals surface area contributed by atoms with Gasteiger partial charge in [-0.1, -0.05) is 64.6 Å². The van der Waals surface area contributed by atoms with Crippen LogP contribution in [-0.2, 0) is 6.54 Å². The number of hydrogen-bond acceptors (Lipinski definition) is 3. The second-order valence-electron chi connectivity index (χ2n) is 7.55. The number of likely N-dealkylation sites (tertiary alicyclic amines) is 1. The Bertz CT molecular complexity index is 988. The third kappa shape index (κ3) is 4.30. The van der Waals surface area contributed by atoms with Gasteiger partial charge in [0.05, 0.1) is 10.6 Å². The monoisotopic (exact) mass is 473 g/mol. The van der Waals surface area contributed by atoms with Crippen LogP contribution in [0.1, 0.15) is 28.4 Å². The molecule has 0 saturated carbocycles. The number of benzene rings is 1. The highest BCUT2D eigenvalue weighted by molar-refractivity contribution is 6.68. The van der Waals surface area contributed by atoms with E-state index in [0.717, 1.165) is 12.1 Å². The molecule has 4 rings (SSSR count). The van der Waals surface area contributed by atoms with Gasteiger partial charge in [0.2, 0.25) is 3.79 Å². The molecule has 1 aromatic heterocycles. The maximum Gasteiger partial charge on any atom is 0.254 e. The maximum atomic E-state index is 12.8. The Kier molecular flexibility index (Phi) is 5.88. The van der Waals surface area contributed by atoms with Crippen molar-refractivity contribution >= 4 is 52.3 Å². The van der Waals surface area contributed by atoms with Crippen LogP contribution < -0.4 is 10.9 Å². The molecule has 0 radical (unpaired) electrons. The lowest BCUT2D eigenvalue weighted by Gasteiger charge is -2.47. The number of nitrogens with zero attached hydrogens (tertiary/aromatic N) is 2. The highest BCUT2D eigenvalue weighted by Crippen LogP contribution is 2.40. The number of rotatable bonds is 3. The van der Waals surface area contributed by atoms with E-state index in [1.54, 1.807) is 36.4 Å². The summed E-state index contributed by atoms with van der Waals surface area (Å²) < 4.78 is 0.0990. The summed E-state index contributed by atoms with van der Waals surface area (Å²) in [4.78, 5) is 27.0. The third-order valence-corrected chi connectivity index (χ3v) is 6.52. The Morgan fingerprint density at radius 1 is 1.07 bits per heavy atom. The van der Waals surface area contributed by atoms with E-state index in [4.69, 9.17) is 46.4 Å². The molecule has 1 N–H and O–H groups in total. The Hall–Kier alpha value is -1.24. The zero-order valence-corrected chi connectivity index (χ0v) is 18.3. The van der Waals surface area contributed by atoms with Crippen molar-refractivity contribution < 1.29 is 4.79 Å². The van der Waals surface area contributed by atoms with Gasteiger partial charge in [-0.2, -0.15) is 0 Å². The largest absolute Gasteiger partial charge is 0.332 e. The zero-order chi connectivity index (χ0) is 20.8. The molecule has 29 heavy (non-hydrogen) atoms. The molecule has 2 aliphatic heterocycles. The third-order valence-electron chi connectivity index (χ3n) is 5.57. The first kappa shape index (κ1) is 21.0. The van der Waals surface area contributed by atoms with Crippen molar-refractivity contribution in [3.05, 3.63) is 69.1 Å². The van der Waals surface area contributed by atoms with Crippen molar-refractivity contribution in [1.29, 1.82) is 0 Å². The highest BCUT2D eigenvalue weighted by atomic mass is 35.6. The molecule has 5 nitrogen and oxygen atoms in total. The Labute approximate surface area is 188 Å². The SMILES string of the molecule is O=C(NC(N1C[C@H]2C[C@@H](C1)c1cccc(=O)n1C2)C(Cl)(Cl)Cl)c1ccccc1Cl. The van der Waals surface area contributed by atoms with Crippen LogP contribution in [0, 0.1) is 5.92 Å². The lowest BCUT2D eigenvalue weighted by molar-refractivity contribution is 0.0586. The lowest BCUT2D eigenvalue weighted by Crippen LogP contribution is -2.60. The van der Waals surface area contributed by atoms with Gasteiger partial charge in [0.15, 0.2) is 0 Å². The number of nitrogens with one attached hydrogen (secondary N) is 1. The molecule has 2 bridgehead atoms. The van der Waals surface area contributed by atoms with E-state index in [1.165, 1.54) is 0 Å². The fourth-order valence-corrected chi connectivity index (χ4v) is 5.17. The quantitative estimate of drug-likeness (QED) is 0.682. The zero-order valence-electron chi connectivity index (χ0n) is 15.3. The second-order valence-corrected chi connectivity index (χ2v) is 10.3. The van der Waals surface area contributed by atoms with Gasteiger partial charge in [0.1, 0.15) is 6.17 Å². The van der Waals surface area contributed by atoms with Gasteiger partial charge in [-0.05, 0) is 30.5 Å². The molecule has 2 aliphatic rings. The van der Waals surface area contributed by atoms with Crippen LogP contribution >= 0.6 is 46.4 Å². The number of halogens is 4. The Morgan fingerprint density at radius 3 is 2.55 bits per heavy atom. The summed E-state index contributed by atoms with van der Waals surface area (Å²) >= 11 is 25.0. The van der Waals surface area contributed by atoms with E-state index in [0.29, 0.717) is 30.2 Å². The molecule has 1 saturated heterocycles. The minimum atomic E-state index is -1.74. The molecule has 1 unspecified atom stereocenters. The van der Waals surface area contributed by atoms with Crippen molar-refractivity contribution in [3.63, 3.8) is 0 Å². The first-order chi connectivity index (χ1) is 13.7. The molecule has 0 aliphatic carbocycles. The van der Waals surface area contributed by atoms with Crippen LogP contribution in [0.2, 0.25) is 5.02 Å². The molecule has 2 aromatic rings. The molecule has 1 amide bonds. The van der Waals surface area contributed by atoms with Gasteiger partial charge in [0.25, 0.3) is 11.5 Å². The van der Waals surface area contributed by atoms with Crippen LogP contribution in [0.25, 0.3) is 0 Å². The van der Waals surface area contributed by atoms with Crippen molar-refractivity contribution in [2.75, 3.05) is 13.1 Å². The fourth-order valence-electron chi connectivity index (χ4n) is 4.37. The fraction of sp³-hybridized carbons (Fsp3) is 0.400. The van der Waals surface area contributed by atoms with Crippen LogP contribution in [-0.4, -0.2) is 38.4 Å². The van der Waals surface area contributed by atoms with Crippen LogP contribution in [0.3, 0.4) is 0 Å². The average Bonchev–Trinajstić information content (AvgIpc) is 2.66. The predicted molar refractivity (Wildman–Crippen MR) is 116 cm³/mol. The van der Waals surface area contributed by atoms with Crippen molar-refractivity contribution in [2.45, 2.75) is 28.8 Å². The minimum Gasteiger partial charge on any atom is -0.332 e. The van der Waals surface area contributed by atoms with Gasteiger partial charge in [-0.15, -0.1) is 0 Å². The van der Waals surface area contributed by atoms with Crippen LogP contribution in [0.4, 0.5) is 0 Å². The molecule has 154 valence electrons. The second kappa shape index (κ2) is 8.12. The van der Waals surface area contributed by atoms with Crippen molar-refractivity contribution in [2.24, 2.45) is 5.92 Å². The smallest absolute Gasteiger partial charge is 0.254 e. The summed E-state index contributed by atoms with van der Waals surface area (Å²) in [5, 5.41) is 3.18. The maximum absolute atomic E-state index is 12.8. The molecule has 9 heteroatoms. The van der Waals surface area contributed by atoms with E-state index in [1.807, 2.05) is 15.5 Å². The number of hydrogen-bond donors (Lipinski definition) is 1. The van der Waals surface area contributed by atoms with Gasteiger partial charge in [-0.3, -0.25) is 14.5 Å².